The van der Waals surface area contributed by atoms with Gasteiger partial charge in [-0.2, -0.15) is 0 Å². The van der Waals surface area contributed by atoms with E-state index in [-0.39, 0.29) is 13.1 Å². The van der Waals surface area contributed by atoms with Crippen LogP contribution in [0.5, 0.6) is 0 Å². The van der Waals surface area contributed by atoms with Crippen LogP contribution in [0.15, 0.2) is 15.9 Å². The Balaban J connectivity index is 2.51. The molecule has 0 aliphatic heterocycles. The molecule has 1 aromatic rings. The number of ether oxygens (including phenoxy) is 1. The van der Waals surface area contributed by atoms with Gasteiger partial charge in [-0.05, 0) is 26.3 Å². The van der Waals surface area contributed by atoms with Crippen molar-refractivity contribution in [2.45, 2.75) is 39.5 Å². The summed E-state index contributed by atoms with van der Waals surface area (Å²) in [5.74, 6) is 0.438. The molecule has 18 heavy (non-hydrogen) atoms. The van der Waals surface area contributed by atoms with Crippen LogP contribution in [0.25, 0.3) is 10.4 Å². The first-order valence-electron chi connectivity index (χ1n) is 5.31. The lowest BCUT2D eigenvalue weighted by molar-refractivity contribution is 0.0519. The van der Waals surface area contributed by atoms with Gasteiger partial charge < -0.3 is 14.5 Å². The Morgan fingerprint density at radius 2 is 2.39 bits per heavy atom. The number of carbonyl (C=O) groups is 1. The van der Waals surface area contributed by atoms with E-state index in [1.165, 1.54) is 6.39 Å². The Bertz CT molecular complexity index is 456. The third-order valence-corrected chi connectivity index (χ3v) is 1.80. The van der Waals surface area contributed by atoms with E-state index in [1.54, 1.807) is 20.8 Å². The SMILES string of the molecule is CC(C)(C)OC(=O)NCc1ocnc1CN=[N+]=[N-]. The van der Waals surface area contributed by atoms with E-state index < -0.39 is 11.7 Å². The number of nitrogens with zero attached hydrogens (tertiary/aromatic N) is 4. The molecule has 0 fully saturated rings. The number of nitrogens with one attached hydrogen (secondary N) is 1. The molecular weight excluding hydrogens is 238 g/mol. The molecule has 0 bridgehead atoms. The maximum atomic E-state index is 11.4. The number of hydrogen-bond acceptors (Lipinski definition) is 5. The van der Waals surface area contributed by atoms with E-state index in [0.717, 1.165) is 0 Å². The van der Waals surface area contributed by atoms with E-state index in [0.29, 0.717) is 11.5 Å². The Morgan fingerprint density at radius 3 is 3.00 bits per heavy atom. The normalized spacial score (nSPS) is 10.6. The minimum Gasteiger partial charge on any atom is -0.446 e. The van der Waals surface area contributed by atoms with Gasteiger partial charge in [0.05, 0.1) is 18.8 Å². The summed E-state index contributed by atoms with van der Waals surface area (Å²) in [6.07, 6.45) is 0.683. The van der Waals surface area contributed by atoms with Crippen LogP contribution in [0.2, 0.25) is 0 Å². The predicted octanol–water partition coefficient (Wildman–Crippen LogP) is 2.51. The molecule has 0 atom stereocenters. The number of hydrogen-bond donors (Lipinski definition) is 1. The summed E-state index contributed by atoms with van der Waals surface area (Å²) in [6, 6.07) is 0. The van der Waals surface area contributed by atoms with E-state index in [9.17, 15) is 4.79 Å². The monoisotopic (exact) mass is 253 g/mol. The highest BCUT2D eigenvalue weighted by Crippen LogP contribution is 2.10. The van der Waals surface area contributed by atoms with Crippen LogP contribution in [0, 0.1) is 0 Å². The maximum absolute atomic E-state index is 11.4. The number of azide groups is 1. The van der Waals surface area contributed by atoms with E-state index in [2.05, 4.69) is 20.3 Å². The average Bonchev–Trinajstić information content (AvgIpc) is 2.68. The first-order valence-corrected chi connectivity index (χ1v) is 5.31. The summed E-state index contributed by atoms with van der Waals surface area (Å²) in [4.78, 5) is 17.9. The maximum Gasteiger partial charge on any atom is 0.408 e. The molecule has 1 rings (SSSR count). The summed E-state index contributed by atoms with van der Waals surface area (Å²) in [7, 11) is 0. The fourth-order valence-electron chi connectivity index (χ4n) is 1.13. The van der Waals surface area contributed by atoms with Crippen LogP contribution in [0.3, 0.4) is 0 Å². The molecule has 0 aliphatic carbocycles. The summed E-state index contributed by atoms with van der Waals surface area (Å²) in [5.41, 5.74) is 8.15. The van der Waals surface area contributed by atoms with Crippen LogP contribution in [0.1, 0.15) is 32.2 Å². The molecule has 98 valence electrons. The highest BCUT2D eigenvalue weighted by atomic mass is 16.6. The Kier molecular flexibility index (Phi) is 4.56. The molecule has 8 nitrogen and oxygen atoms in total. The van der Waals surface area contributed by atoms with Gasteiger partial charge in [-0.25, -0.2) is 9.78 Å². The summed E-state index contributed by atoms with van der Waals surface area (Å²) >= 11 is 0. The first-order chi connectivity index (χ1) is 8.42. The van der Waals surface area contributed by atoms with Gasteiger partial charge >= 0.3 is 6.09 Å². The topological polar surface area (TPSA) is 113 Å². The zero-order chi connectivity index (χ0) is 13.6. The van der Waals surface area contributed by atoms with Crippen molar-refractivity contribution in [1.82, 2.24) is 10.3 Å². The Labute approximate surface area is 104 Å². The second kappa shape index (κ2) is 5.92. The molecule has 1 aromatic heterocycles. The number of alkyl carbamates (subject to hydrolysis) is 1. The van der Waals surface area contributed by atoms with Crippen LogP contribution in [-0.2, 0) is 17.8 Å². The molecule has 0 aromatic carbocycles. The number of oxazole rings is 1. The molecule has 0 saturated carbocycles. The number of carbonyl (C=O) groups excluding carboxylic acids is 1. The molecule has 8 heteroatoms. The quantitative estimate of drug-likeness (QED) is 0.504. The number of aromatic nitrogens is 1. The van der Waals surface area contributed by atoms with Gasteiger partial charge in [0.15, 0.2) is 6.39 Å². The highest BCUT2D eigenvalue weighted by molar-refractivity contribution is 5.67. The van der Waals surface area contributed by atoms with Crippen molar-refractivity contribution >= 4 is 6.09 Å². The summed E-state index contributed by atoms with van der Waals surface area (Å²) < 4.78 is 10.1. The number of rotatable bonds is 4. The molecule has 1 amide bonds. The van der Waals surface area contributed by atoms with Gasteiger partial charge in [-0.15, -0.1) is 0 Å². The second-order valence-electron chi connectivity index (χ2n) is 4.47. The van der Waals surface area contributed by atoms with Crippen LogP contribution < -0.4 is 5.32 Å². The lowest BCUT2D eigenvalue weighted by Gasteiger charge is -2.19. The van der Waals surface area contributed by atoms with Crippen LogP contribution >= 0.6 is 0 Å². The third-order valence-electron chi connectivity index (χ3n) is 1.80. The van der Waals surface area contributed by atoms with Crippen molar-refractivity contribution in [3.63, 3.8) is 0 Å². The molecule has 0 radical (unpaired) electrons. The predicted molar refractivity (Wildman–Crippen MR) is 62.4 cm³/mol. The van der Waals surface area contributed by atoms with E-state index >= 15 is 0 Å². The molecule has 0 saturated heterocycles. The van der Waals surface area contributed by atoms with Crippen molar-refractivity contribution in [3.05, 3.63) is 28.3 Å². The van der Waals surface area contributed by atoms with Gasteiger partial charge in [-0.1, -0.05) is 5.11 Å². The van der Waals surface area contributed by atoms with Crippen LogP contribution in [0.4, 0.5) is 4.79 Å². The first kappa shape index (κ1) is 13.9. The van der Waals surface area contributed by atoms with E-state index in [1.807, 2.05) is 0 Å². The second-order valence-corrected chi connectivity index (χ2v) is 4.47. The number of amides is 1. The van der Waals surface area contributed by atoms with Gasteiger partial charge in [0.25, 0.3) is 0 Å². The molecule has 1 heterocycles. The zero-order valence-electron chi connectivity index (χ0n) is 10.5. The zero-order valence-corrected chi connectivity index (χ0v) is 10.5. The highest BCUT2D eigenvalue weighted by Gasteiger charge is 2.16. The molecule has 1 N–H and O–H groups in total. The molecular formula is C10H15N5O3. The van der Waals surface area contributed by atoms with E-state index in [4.69, 9.17) is 14.7 Å². The molecule has 0 spiro atoms. The fraction of sp³-hybridized carbons (Fsp3) is 0.600. The fourth-order valence-corrected chi connectivity index (χ4v) is 1.13. The minimum absolute atomic E-state index is 0.0817. The lowest BCUT2D eigenvalue weighted by atomic mass is 10.2. The van der Waals surface area contributed by atoms with Crippen molar-refractivity contribution in [2.75, 3.05) is 0 Å². The smallest absolute Gasteiger partial charge is 0.408 e. The van der Waals surface area contributed by atoms with Gasteiger partial charge in [0.1, 0.15) is 11.4 Å². The average molecular weight is 253 g/mol. The molecule has 0 unspecified atom stereocenters. The summed E-state index contributed by atoms with van der Waals surface area (Å²) in [6.45, 7) is 5.53. The largest absolute Gasteiger partial charge is 0.446 e. The Hall–Kier alpha value is -2.21. The van der Waals surface area contributed by atoms with Gasteiger partial charge in [0, 0.05) is 4.91 Å². The third kappa shape index (κ3) is 4.75. The lowest BCUT2D eigenvalue weighted by Crippen LogP contribution is -2.32. The van der Waals surface area contributed by atoms with Crippen molar-refractivity contribution in [3.8, 4) is 0 Å². The van der Waals surface area contributed by atoms with Crippen LogP contribution in [-0.4, -0.2) is 16.7 Å². The Morgan fingerprint density at radius 1 is 1.67 bits per heavy atom. The minimum atomic E-state index is -0.556. The van der Waals surface area contributed by atoms with Crippen molar-refractivity contribution in [2.24, 2.45) is 5.11 Å². The van der Waals surface area contributed by atoms with Gasteiger partial charge in [-0.3, -0.25) is 0 Å². The standard InChI is InChI=1S/C10H15N5O3/c1-10(2,3)18-9(16)12-5-8-7(4-14-15-11)13-6-17-8/h6H,4-5H2,1-3H3,(H,12,16). The van der Waals surface area contributed by atoms with Gasteiger partial charge in [0.2, 0.25) is 0 Å². The summed E-state index contributed by atoms with van der Waals surface area (Å²) in [5, 5.41) is 5.90. The molecule has 0 aliphatic rings. The van der Waals surface area contributed by atoms with Crippen molar-refractivity contribution < 1.29 is 13.9 Å². The van der Waals surface area contributed by atoms with Crippen molar-refractivity contribution in [1.29, 1.82) is 0 Å².